The molecular formula is C61H99NO5. The van der Waals surface area contributed by atoms with E-state index in [4.69, 9.17) is 10.5 Å². The van der Waals surface area contributed by atoms with E-state index in [1.54, 1.807) is 20.8 Å². The van der Waals surface area contributed by atoms with E-state index in [2.05, 4.69) is 130 Å². The number of ketones is 3. The number of allylic oxidation sites excluding steroid dienone is 18. The van der Waals surface area contributed by atoms with Crippen molar-refractivity contribution in [1.82, 2.24) is 0 Å². The molecule has 0 aliphatic carbocycles. The standard InChI is InChI=1S/C61H99NO5/c1-7-10-13-16-19-22-25-28-31-34-37-40-43-46-49-52-55(63)61(58(62)59(66)67-60(4,5)6,56(64)53-50-47-44-41-38-35-32-29-26-23-20-17-14-11-8-2)57(65)54-51-48-45-42-39-36-33-30-27-24-21-18-15-12-9-3/h10-15,19-24,28-33,58H,7-9,16-18,25-27,34-54,62H2,1-6H3/b13-10-,14-11-,15-12-,22-19-,23-20-,24-21-,31-28-,32-29-,33-30-. The number of Topliss-reactive ketones (excluding diaryl/α,β-unsaturated/α-hetero) is 3. The summed E-state index contributed by atoms with van der Waals surface area (Å²) < 4.78 is 5.69. The third-order valence-electron chi connectivity index (χ3n) is 11.6. The highest BCUT2D eigenvalue weighted by Crippen LogP contribution is 2.34. The largest absolute Gasteiger partial charge is 0.459 e. The molecule has 0 heterocycles. The minimum absolute atomic E-state index is 0.0338. The molecule has 0 aromatic heterocycles. The molecule has 0 aliphatic heterocycles. The van der Waals surface area contributed by atoms with E-state index < -0.39 is 40.4 Å². The first kappa shape index (κ1) is 63.1. The van der Waals surface area contributed by atoms with Gasteiger partial charge in [-0.2, -0.15) is 0 Å². The molecule has 2 N–H and O–H groups in total. The van der Waals surface area contributed by atoms with Crippen molar-refractivity contribution < 1.29 is 23.9 Å². The van der Waals surface area contributed by atoms with E-state index in [-0.39, 0.29) is 19.3 Å². The molecule has 378 valence electrons. The Hall–Kier alpha value is -3.90. The zero-order valence-corrected chi connectivity index (χ0v) is 43.8. The third-order valence-corrected chi connectivity index (χ3v) is 11.6. The topological polar surface area (TPSA) is 104 Å². The number of carbonyl (C=O) groups excluding carboxylic acids is 4. The van der Waals surface area contributed by atoms with Crippen LogP contribution < -0.4 is 5.73 Å². The maximum atomic E-state index is 14.5. The van der Waals surface area contributed by atoms with Crippen molar-refractivity contribution in [3.63, 3.8) is 0 Å². The van der Waals surface area contributed by atoms with Gasteiger partial charge in [0.15, 0.2) is 22.8 Å². The Balaban J connectivity index is 5.63. The average Bonchev–Trinajstić information content (AvgIpc) is 3.29. The molecule has 0 spiro atoms. The van der Waals surface area contributed by atoms with E-state index in [0.29, 0.717) is 19.3 Å². The molecule has 0 amide bonds. The molecule has 0 rings (SSSR count). The van der Waals surface area contributed by atoms with E-state index in [9.17, 15) is 19.2 Å². The minimum atomic E-state index is -2.23. The summed E-state index contributed by atoms with van der Waals surface area (Å²) in [5.74, 6) is -2.41. The number of hydrogen-bond acceptors (Lipinski definition) is 6. The number of carbonyl (C=O) groups is 4. The van der Waals surface area contributed by atoms with Gasteiger partial charge in [-0.25, -0.2) is 0 Å². The molecule has 0 aliphatic rings. The maximum Gasteiger partial charge on any atom is 0.325 e. The summed E-state index contributed by atoms with van der Waals surface area (Å²) >= 11 is 0. The monoisotopic (exact) mass is 926 g/mol. The van der Waals surface area contributed by atoms with Crippen molar-refractivity contribution in [3.05, 3.63) is 109 Å². The lowest BCUT2D eigenvalue weighted by Crippen LogP contribution is -2.62. The maximum absolute atomic E-state index is 14.5. The SMILES string of the molecule is CC/C=C\C/C=C\C/C=C\CCCCCCCC(=O)C(C(=O)CCCCCCC/C=C\C/C=C\C/C=C\CC)(C(=O)CCCCCCC/C=C\C/C=C\C/C=C\CC)C(N)C(=O)OC(C)(C)C. The molecule has 0 fully saturated rings. The quantitative estimate of drug-likeness (QED) is 0.0283. The minimum Gasteiger partial charge on any atom is -0.459 e. The summed E-state index contributed by atoms with van der Waals surface area (Å²) in [5.41, 5.74) is 3.57. The molecule has 6 nitrogen and oxygen atoms in total. The summed E-state index contributed by atoms with van der Waals surface area (Å²) in [6.45, 7) is 11.6. The molecule has 1 unspecified atom stereocenters. The van der Waals surface area contributed by atoms with Crippen molar-refractivity contribution in [2.45, 2.75) is 246 Å². The Morgan fingerprint density at radius 3 is 0.881 bits per heavy atom. The van der Waals surface area contributed by atoms with Gasteiger partial charge in [0.2, 0.25) is 0 Å². The third kappa shape index (κ3) is 35.0. The molecule has 0 saturated carbocycles. The van der Waals surface area contributed by atoms with Crippen LogP contribution in [0.2, 0.25) is 0 Å². The fourth-order valence-electron chi connectivity index (χ4n) is 7.83. The Morgan fingerprint density at radius 2 is 0.612 bits per heavy atom. The second-order valence-corrected chi connectivity index (χ2v) is 18.9. The molecular weight excluding hydrogens is 827 g/mol. The smallest absolute Gasteiger partial charge is 0.325 e. The predicted molar refractivity (Wildman–Crippen MR) is 289 cm³/mol. The summed E-state index contributed by atoms with van der Waals surface area (Å²) in [6.07, 6.45) is 64.9. The lowest BCUT2D eigenvalue weighted by molar-refractivity contribution is -0.168. The highest BCUT2D eigenvalue weighted by Gasteiger charge is 2.57. The Morgan fingerprint density at radius 1 is 0.373 bits per heavy atom. The van der Waals surface area contributed by atoms with Gasteiger partial charge < -0.3 is 10.5 Å². The van der Waals surface area contributed by atoms with Gasteiger partial charge in [0.1, 0.15) is 11.6 Å². The van der Waals surface area contributed by atoms with E-state index in [1.807, 2.05) is 0 Å². The predicted octanol–water partition coefficient (Wildman–Crippen LogP) is 17.1. The Bertz CT molecular complexity index is 1390. The van der Waals surface area contributed by atoms with Crippen LogP contribution in [0.1, 0.15) is 234 Å². The first-order valence-corrected chi connectivity index (χ1v) is 26.9. The zero-order chi connectivity index (χ0) is 49.5. The van der Waals surface area contributed by atoms with Crippen molar-refractivity contribution in [2.24, 2.45) is 11.1 Å². The fraction of sp³-hybridized carbons (Fsp3) is 0.639. The number of ether oxygens (including phenoxy) is 1. The molecule has 0 aromatic rings. The molecule has 1 atom stereocenters. The second kappa shape index (κ2) is 44.6. The Kier molecular flexibility index (Phi) is 42.0. The summed E-state index contributed by atoms with van der Waals surface area (Å²) in [5, 5.41) is 0. The number of hydrogen-bond donors (Lipinski definition) is 1. The summed E-state index contributed by atoms with van der Waals surface area (Å²) in [6, 6.07) is -1.68. The van der Waals surface area contributed by atoms with Crippen LogP contribution in [0.5, 0.6) is 0 Å². The lowest BCUT2D eigenvalue weighted by atomic mass is 9.66. The van der Waals surface area contributed by atoms with Crippen molar-refractivity contribution >= 4 is 23.3 Å². The average molecular weight is 926 g/mol. The van der Waals surface area contributed by atoms with Gasteiger partial charge in [-0.1, -0.05) is 188 Å². The number of unbranched alkanes of at least 4 members (excludes halogenated alkanes) is 15. The normalized spacial score (nSPS) is 13.5. The van der Waals surface area contributed by atoms with Crippen LogP contribution in [0.25, 0.3) is 0 Å². The van der Waals surface area contributed by atoms with Gasteiger partial charge in [0.05, 0.1) is 0 Å². The molecule has 0 bridgehead atoms. The highest BCUT2D eigenvalue weighted by atomic mass is 16.6. The van der Waals surface area contributed by atoms with Crippen LogP contribution in [-0.2, 0) is 23.9 Å². The van der Waals surface area contributed by atoms with Gasteiger partial charge >= 0.3 is 5.97 Å². The molecule has 0 aromatic carbocycles. The van der Waals surface area contributed by atoms with E-state index >= 15 is 0 Å². The van der Waals surface area contributed by atoms with E-state index in [0.717, 1.165) is 154 Å². The number of esters is 1. The summed E-state index contributed by atoms with van der Waals surface area (Å²) in [7, 11) is 0. The molecule has 6 heteroatoms. The molecule has 0 saturated heterocycles. The summed E-state index contributed by atoms with van der Waals surface area (Å²) in [4.78, 5) is 57.3. The zero-order valence-electron chi connectivity index (χ0n) is 43.8. The van der Waals surface area contributed by atoms with Crippen molar-refractivity contribution in [1.29, 1.82) is 0 Å². The molecule has 0 radical (unpaired) electrons. The van der Waals surface area contributed by atoms with Crippen LogP contribution >= 0.6 is 0 Å². The van der Waals surface area contributed by atoms with Gasteiger partial charge in [-0.05, 0) is 136 Å². The van der Waals surface area contributed by atoms with Crippen LogP contribution in [0.3, 0.4) is 0 Å². The first-order valence-electron chi connectivity index (χ1n) is 26.9. The van der Waals surface area contributed by atoms with Crippen LogP contribution in [0.4, 0.5) is 0 Å². The molecule has 67 heavy (non-hydrogen) atoms. The number of nitrogens with two attached hydrogens (primary N) is 1. The van der Waals surface area contributed by atoms with Crippen LogP contribution in [0.15, 0.2) is 109 Å². The lowest BCUT2D eigenvalue weighted by Gasteiger charge is -2.35. The Labute approximate surface area is 412 Å². The first-order chi connectivity index (χ1) is 32.5. The highest BCUT2D eigenvalue weighted by molar-refractivity contribution is 6.27. The van der Waals surface area contributed by atoms with E-state index in [1.165, 1.54) is 0 Å². The van der Waals surface area contributed by atoms with Crippen molar-refractivity contribution in [2.75, 3.05) is 0 Å². The fourth-order valence-corrected chi connectivity index (χ4v) is 7.83. The van der Waals surface area contributed by atoms with Crippen molar-refractivity contribution in [3.8, 4) is 0 Å². The number of rotatable bonds is 44. The van der Waals surface area contributed by atoms with Gasteiger partial charge in [0, 0.05) is 19.3 Å². The van der Waals surface area contributed by atoms with Gasteiger partial charge in [-0.3, -0.25) is 19.2 Å². The van der Waals surface area contributed by atoms with Crippen LogP contribution in [0, 0.1) is 5.41 Å². The van der Waals surface area contributed by atoms with Crippen LogP contribution in [-0.4, -0.2) is 35.0 Å². The van der Waals surface area contributed by atoms with Gasteiger partial charge in [-0.15, -0.1) is 0 Å². The second-order valence-electron chi connectivity index (χ2n) is 18.9. The van der Waals surface area contributed by atoms with Gasteiger partial charge in [0.25, 0.3) is 0 Å².